The molecule has 2 aromatic rings. The van der Waals surface area contributed by atoms with Gasteiger partial charge in [-0.3, -0.25) is 4.79 Å². The normalized spacial score (nSPS) is 15.2. The molecule has 2 aromatic carbocycles. The summed E-state index contributed by atoms with van der Waals surface area (Å²) in [6, 6.07) is 4.46. The van der Waals surface area contributed by atoms with Gasteiger partial charge in [0.15, 0.2) is 15.6 Å². The summed E-state index contributed by atoms with van der Waals surface area (Å²) in [7, 11) is -4.73. The zero-order valence-corrected chi connectivity index (χ0v) is 22.2. The summed E-state index contributed by atoms with van der Waals surface area (Å²) in [5, 5.41) is 0.136. The first-order valence-electron chi connectivity index (χ1n) is 11.2. The monoisotopic (exact) mass is 626 g/mol. The largest absolute Gasteiger partial charge is 0.417 e. The Bertz CT molecular complexity index is 1380. The van der Waals surface area contributed by atoms with E-state index in [-0.39, 0.29) is 22.7 Å². The molecule has 0 aliphatic rings. The number of rotatable bonds is 9. The molecule has 0 fully saturated rings. The zero-order chi connectivity index (χ0) is 30.8. The number of hydrogen-bond donors (Lipinski definition) is 0. The number of alkyl halides is 9. The molecule has 40 heavy (non-hydrogen) atoms. The molecule has 0 bridgehead atoms. The van der Waals surface area contributed by atoms with Crippen molar-refractivity contribution in [2.75, 3.05) is 11.5 Å². The average molecular weight is 627 g/mol. The summed E-state index contributed by atoms with van der Waals surface area (Å²) in [6.45, 7) is 2.45. The predicted molar refractivity (Wildman–Crippen MR) is 128 cm³/mol. The lowest BCUT2D eigenvalue weighted by atomic mass is 9.93. The number of aryl methyl sites for hydroxylation is 1. The fourth-order valence-electron chi connectivity index (χ4n) is 3.88. The predicted octanol–water partition coefficient (Wildman–Crippen LogP) is 8.51. The fraction of sp³-hybridized carbons (Fsp3) is 0.400. The van der Waals surface area contributed by atoms with Crippen LogP contribution in [0.1, 0.15) is 51.9 Å². The Morgan fingerprint density at radius 2 is 1.57 bits per heavy atom. The molecule has 15 heteroatoms. The first-order valence-corrected chi connectivity index (χ1v) is 13.4. The van der Waals surface area contributed by atoms with Crippen LogP contribution in [0.2, 0.25) is 5.02 Å². The lowest BCUT2D eigenvalue weighted by molar-refractivity contribution is -0.140. The van der Waals surface area contributed by atoms with Gasteiger partial charge in [-0.1, -0.05) is 42.8 Å². The van der Waals surface area contributed by atoms with Gasteiger partial charge in [0.2, 0.25) is 0 Å². The molecule has 3 nitrogen and oxygen atoms in total. The third-order valence-electron chi connectivity index (χ3n) is 5.56. The molecule has 0 saturated carbocycles. The number of sulfone groups is 1. The molecular weight excluding hydrogens is 606 g/mol. The summed E-state index contributed by atoms with van der Waals surface area (Å²) >= 11 is 5.81. The van der Waals surface area contributed by atoms with Crippen molar-refractivity contribution in [2.24, 2.45) is 5.92 Å². The van der Waals surface area contributed by atoms with Gasteiger partial charge in [0.05, 0.1) is 11.3 Å². The highest BCUT2D eigenvalue weighted by molar-refractivity contribution is 7.91. The Balaban J connectivity index is 2.43. The van der Waals surface area contributed by atoms with Crippen molar-refractivity contribution < 1.29 is 57.1 Å². The molecule has 1 unspecified atom stereocenters. The fourth-order valence-corrected chi connectivity index (χ4v) is 5.60. The van der Waals surface area contributed by atoms with Crippen molar-refractivity contribution in [1.82, 2.24) is 0 Å². The molecule has 0 saturated heterocycles. The van der Waals surface area contributed by atoms with E-state index in [2.05, 4.69) is 0 Å². The second-order valence-corrected chi connectivity index (χ2v) is 11.7. The van der Waals surface area contributed by atoms with Crippen LogP contribution in [0.4, 0.5) is 43.9 Å². The summed E-state index contributed by atoms with van der Waals surface area (Å²) in [5.41, 5.74) is -3.88. The van der Waals surface area contributed by atoms with Crippen molar-refractivity contribution in [2.45, 2.75) is 44.7 Å². The molecule has 2 atom stereocenters. The van der Waals surface area contributed by atoms with Gasteiger partial charge in [0.1, 0.15) is 17.5 Å². The molecule has 0 heterocycles. The maximum Gasteiger partial charge on any atom is 0.417 e. The molecule has 2 rings (SSSR count). The number of Topliss-reactive ketones (excluding diaryl/α,β-unsaturated/α-hetero) is 1. The lowest BCUT2D eigenvalue weighted by Crippen LogP contribution is -2.28. The molecular formula is C25H21ClF10O3S. The molecule has 0 N–H and O–H groups in total. The third-order valence-corrected chi connectivity index (χ3v) is 7.83. The van der Waals surface area contributed by atoms with Gasteiger partial charge in [0, 0.05) is 22.6 Å². The molecule has 0 amide bonds. The second-order valence-electron chi connectivity index (χ2n) is 9.20. The van der Waals surface area contributed by atoms with Gasteiger partial charge in [-0.25, -0.2) is 12.8 Å². The van der Waals surface area contributed by atoms with Crippen LogP contribution in [0.3, 0.4) is 0 Å². The Hall–Kier alpha value is -2.61. The first kappa shape index (κ1) is 33.6. The first-order chi connectivity index (χ1) is 18.0. The van der Waals surface area contributed by atoms with E-state index in [0.29, 0.717) is 12.1 Å². The van der Waals surface area contributed by atoms with Gasteiger partial charge in [-0.15, -0.1) is 0 Å². The van der Waals surface area contributed by atoms with E-state index in [9.17, 15) is 57.1 Å². The highest BCUT2D eigenvalue weighted by atomic mass is 35.5. The van der Waals surface area contributed by atoms with Crippen LogP contribution >= 0.6 is 11.6 Å². The Morgan fingerprint density at radius 3 is 2.08 bits per heavy atom. The molecule has 0 aromatic heterocycles. The molecule has 222 valence electrons. The van der Waals surface area contributed by atoms with Crippen LogP contribution in [-0.2, 0) is 16.0 Å². The third kappa shape index (κ3) is 9.50. The van der Waals surface area contributed by atoms with Gasteiger partial charge in [-0.05, 0) is 42.2 Å². The van der Waals surface area contributed by atoms with E-state index < -0.39 is 92.0 Å². The van der Waals surface area contributed by atoms with Crippen LogP contribution in [0.5, 0.6) is 0 Å². The topological polar surface area (TPSA) is 51.2 Å². The molecule has 0 spiro atoms. The second kappa shape index (κ2) is 12.1. The Morgan fingerprint density at radius 1 is 0.975 bits per heavy atom. The smallest absolute Gasteiger partial charge is 0.294 e. The summed E-state index contributed by atoms with van der Waals surface area (Å²) in [4.78, 5) is 12.5. The molecule has 0 aliphatic carbocycles. The van der Waals surface area contributed by atoms with Crippen LogP contribution in [-0.4, -0.2) is 38.1 Å². The number of allylic oxidation sites excluding steroid dienone is 1. The number of halogens is 11. The van der Waals surface area contributed by atoms with Crippen LogP contribution < -0.4 is 0 Å². The number of benzene rings is 2. The van der Waals surface area contributed by atoms with Crippen molar-refractivity contribution in [1.29, 1.82) is 0 Å². The zero-order valence-electron chi connectivity index (χ0n) is 20.6. The van der Waals surface area contributed by atoms with Gasteiger partial charge in [0.25, 0.3) is 0 Å². The minimum absolute atomic E-state index is 0.0766. The van der Waals surface area contributed by atoms with Crippen molar-refractivity contribution in [3.8, 4) is 0 Å². The van der Waals surface area contributed by atoms with E-state index >= 15 is 0 Å². The Kier molecular flexibility index (Phi) is 10.2. The van der Waals surface area contributed by atoms with Crippen LogP contribution in [0, 0.1) is 12.8 Å². The van der Waals surface area contributed by atoms with Crippen LogP contribution in [0.15, 0.2) is 42.5 Å². The highest BCUT2D eigenvalue weighted by Gasteiger charge is 2.41. The van der Waals surface area contributed by atoms with Crippen LogP contribution in [0.25, 0.3) is 5.83 Å². The number of hydrogen-bond acceptors (Lipinski definition) is 3. The number of ketones is 1. The molecule has 0 radical (unpaired) electrons. The quantitative estimate of drug-likeness (QED) is 0.207. The average Bonchev–Trinajstić information content (AvgIpc) is 2.75. The van der Waals surface area contributed by atoms with Gasteiger partial charge < -0.3 is 0 Å². The highest BCUT2D eigenvalue weighted by Crippen LogP contribution is 2.40. The van der Waals surface area contributed by atoms with E-state index in [1.807, 2.05) is 0 Å². The van der Waals surface area contributed by atoms with E-state index in [0.717, 1.165) is 25.1 Å². The van der Waals surface area contributed by atoms with E-state index in [1.54, 1.807) is 0 Å². The van der Waals surface area contributed by atoms with Crippen molar-refractivity contribution in [3.05, 3.63) is 75.3 Å². The maximum absolute atomic E-state index is 14.9. The molecule has 0 aliphatic heterocycles. The Labute approximate surface area is 227 Å². The minimum Gasteiger partial charge on any atom is -0.294 e. The van der Waals surface area contributed by atoms with Gasteiger partial charge in [-0.2, -0.15) is 39.5 Å². The summed E-state index contributed by atoms with van der Waals surface area (Å²) in [5.74, 6) is -10.2. The van der Waals surface area contributed by atoms with Crippen molar-refractivity contribution >= 4 is 33.0 Å². The SMILES string of the molecule is Cc1cc(C(/C=C(\F)c2ccc(C(=O)C[C@H](C)CS(=O)(=O)CC(F)(F)F)c(C(F)(F)F)c2)C(F)(F)F)ccc1Cl. The number of carbonyl (C=O) groups excluding carboxylic acids is 1. The minimum atomic E-state index is -5.29. The van der Waals surface area contributed by atoms with E-state index in [4.69, 9.17) is 11.6 Å². The maximum atomic E-state index is 14.9. The number of carbonyl (C=O) groups is 1. The van der Waals surface area contributed by atoms with Gasteiger partial charge >= 0.3 is 18.5 Å². The standard InChI is InChI=1S/C25H21ClF10O3S/c1-13(11-40(38,39)12-23(28,29)30)7-22(37)17-5-3-16(9-19(17)25(34,35)36)21(27)10-18(24(31,32)33)15-4-6-20(26)14(2)8-15/h3-6,8-10,13,18H,7,11-12H2,1-2H3/b21-10-/t13-,18?/m0/s1. The summed E-state index contributed by atoms with van der Waals surface area (Å²) in [6.07, 6.45) is -16.2. The lowest BCUT2D eigenvalue weighted by Gasteiger charge is -2.19. The summed E-state index contributed by atoms with van der Waals surface area (Å²) < 4.78 is 158. The van der Waals surface area contributed by atoms with E-state index in [1.165, 1.54) is 6.92 Å². The van der Waals surface area contributed by atoms with Crippen molar-refractivity contribution in [3.63, 3.8) is 0 Å².